The van der Waals surface area contributed by atoms with E-state index in [0.29, 0.717) is 10.6 Å². The van der Waals surface area contributed by atoms with E-state index in [-0.39, 0.29) is 12.5 Å². The van der Waals surface area contributed by atoms with Crippen LogP contribution in [0.15, 0.2) is 12.1 Å². The summed E-state index contributed by atoms with van der Waals surface area (Å²) in [7, 11) is 1.80. The number of nitrogens with one attached hydrogen (secondary N) is 1. The van der Waals surface area contributed by atoms with E-state index in [0.717, 1.165) is 16.3 Å². The summed E-state index contributed by atoms with van der Waals surface area (Å²) >= 11 is 1.34. The van der Waals surface area contributed by atoms with Gasteiger partial charge in [-0.1, -0.05) is 0 Å². The zero-order valence-corrected chi connectivity index (χ0v) is 13.2. The normalized spacial score (nSPS) is 10.5. The Morgan fingerprint density at radius 2 is 2.05 bits per heavy atom. The Morgan fingerprint density at radius 3 is 2.57 bits per heavy atom. The summed E-state index contributed by atoms with van der Waals surface area (Å²) in [5.41, 5.74) is 2.23. The standard InChI is InChI=1S/C14H17N3O3S/c1-8-5-6-11(21-8)14(19)20-7-12(18)15-13-9(2)16-17(4)10(13)3/h5-6H,7H2,1-4H3,(H,15,18). The number of carbonyl (C=O) groups is 2. The molecule has 6 nitrogen and oxygen atoms in total. The largest absolute Gasteiger partial charge is 0.451 e. The molecule has 2 rings (SSSR count). The molecule has 0 spiro atoms. The molecule has 1 N–H and O–H groups in total. The lowest BCUT2D eigenvalue weighted by atomic mass is 10.3. The van der Waals surface area contributed by atoms with E-state index < -0.39 is 5.97 Å². The maximum absolute atomic E-state index is 11.8. The lowest BCUT2D eigenvalue weighted by Gasteiger charge is -2.06. The Bertz CT molecular complexity index is 688. The van der Waals surface area contributed by atoms with Crippen molar-refractivity contribution in [3.05, 3.63) is 33.3 Å². The second-order valence-corrected chi connectivity index (χ2v) is 5.99. The van der Waals surface area contributed by atoms with Gasteiger partial charge in [0.2, 0.25) is 0 Å². The van der Waals surface area contributed by atoms with Gasteiger partial charge in [0.15, 0.2) is 6.61 Å². The van der Waals surface area contributed by atoms with Crippen molar-refractivity contribution < 1.29 is 14.3 Å². The number of esters is 1. The van der Waals surface area contributed by atoms with E-state index in [9.17, 15) is 9.59 Å². The molecule has 2 aromatic rings. The molecule has 0 saturated carbocycles. The summed E-state index contributed by atoms with van der Waals surface area (Å²) in [4.78, 5) is 25.1. The van der Waals surface area contributed by atoms with Crippen molar-refractivity contribution in [1.82, 2.24) is 9.78 Å². The first kappa shape index (κ1) is 15.2. The van der Waals surface area contributed by atoms with E-state index >= 15 is 0 Å². The highest BCUT2D eigenvalue weighted by atomic mass is 32.1. The molecule has 0 atom stereocenters. The SMILES string of the molecule is Cc1ccc(C(=O)OCC(=O)Nc2c(C)nn(C)c2C)s1. The van der Waals surface area contributed by atoms with Crippen molar-refractivity contribution in [3.8, 4) is 0 Å². The van der Waals surface area contributed by atoms with Gasteiger partial charge in [0.1, 0.15) is 4.88 Å². The number of anilines is 1. The third-order valence-corrected chi connectivity index (χ3v) is 4.03. The molecule has 0 fully saturated rings. The Hall–Kier alpha value is -2.15. The summed E-state index contributed by atoms with van der Waals surface area (Å²) in [6.45, 7) is 5.25. The predicted molar refractivity (Wildman–Crippen MR) is 80.7 cm³/mol. The van der Waals surface area contributed by atoms with Crippen LogP contribution in [0.4, 0.5) is 5.69 Å². The third kappa shape index (κ3) is 3.49. The molecule has 0 unspecified atom stereocenters. The summed E-state index contributed by atoms with van der Waals surface area (Å²) in [5, 5.41) is 6.92. The summed E-state index contributed by atoms with van der Waals surface area (Å²) < 4.78 is 6.68. The number of hydrogen-bond acceptors (Lipinski definition) is 5. The molecule has 2 aromatic heterocycles. The topological polar surface area (TPSA) is 73.2 Å². The van der Waals surface area contributed by atoms with E-state index in [1.807, 2.05) is 26.8 Å². The zero-order valence-electron chi connectivity index (χ0n) is 12.4. The molecule has 21 heavy (non-hydrogen) atoms. The van der Waals surface area contributed by atoms with Crippen molar-refractivity contribution in [2.75, 3.05) is 11.9 Å². The van der Waals surface area contributed by atoms with Crippen LogP contribution in [0.25, 0.3) is 0 Å². The quantitative estimate of drug-likeness (QED) is 0.879. The molecule has 0 aliphatic heterocycles. The fraction of sp³-hybridized carbons (Fsp3) is 0.357. The third-order valence-electron chi connectivity index (χ3n) is 3.05. The van der Waals surface area contributed by atoms with Crippen LogP contribution in [0.3, 0.4) is 0 Å². The smallest absolute Gasteiger partial charge is 0.348 e. The van der Waals surface area contributed by atoms with Crippen LogP contribution in [0.2, 0.25) is 0 Å². The van der Waals surface area contributed by atoms with Gasteiger partial charge < -0.3 is 10.1 Å². The Balaban J connectivity index is 1.92. The lowest BCUT2D eigenvalue weighted by Crippen LogP contribution is -2.21. The maximum Gasteiger partial charge on any atom is 0.348 e. The van der Waals surface area contributed by atoms with Crippen LogP contribution < -0.4 is 5.32 Å². The number of ether oxygens (including phenoxy) is 1. The fourth-order valence-electron chi connectivity index (χ4n) is 1.88. The van der Waals surface area contributed by atoms with Gasteiger partial charge in [-0.3, -0.25) is 9.48 Å². The minimum absolute atomic E-state index is 0.316. The highest BCUT2D eigenvalue weighted by Crippen LogP contribution is 2.18. The number of aromatic nitrogens is 2. The van der Waals surface area contributed by atoms with Gasteiger partial charge in [-0.15, -0.1) is 11.3 Å². The minimum atomic E-state index is -0.483. The van der Waals surface area contributed by atoms with Crippen molar-refractivity contribution in [2.45, 2.75) is 20.8 Å². The van der Waals surface area contributed by atoms with Crippen LogP contribution in [0.5, 0.6) is 0 Å². The van der Waals surface area contributed by atoms with Crippen molar-refractivity contribution >= 4 is 28.9 Å². The summed E-state index contributed by atoms with van der Waals surface area (Å²) in [6.07, 6.45) is 0. The van der Waals surface area contributed by atoms with Gasteiger partial charge in [0.05, 0.1) is 17.1 Å². The number of nitrogens with zero attached hydrogens (tertiary/aromatic N) is 2. The monoisotopic (exact) mass is 307 g/mol. The van der Waals surface area contributed by atoms with Gasteiger partial charge in [-0.25, -0.2) is 4.79 Å². The van der Waals surface area contributed by atoms with Gasteiger partial charge in [0.25, 0.3) is 5.91 Å². The van der Waals surface area contributed by atoms with E-state index in [2.05, 4.69) is 10.4 Å². The number of hydrogen-bond donors (Lipinski definition) is 1. The molecule has 7 heteroatoms. The van der Waals surface area contributed by atoms with Crippen molar-refractivity contribution in [1.29, 1.82) is 0 Å². The van der Waals surface area contributed by atoms with E-state index in [1.54, 1.807) is 17.8 Å². The molecule has 0 radical (unpaired) electrons. The minimum Gasteiger partial charge on any atom is -0.451 e. The molecule has 0 aliphatic carbocycles. The van der Waals surface area contributed by atoms with Crippen molar-refractivity contribution in [2.24, 2.45) is 7.05 Å². The second-order valence-electron chi connectivity index (χ2n) is 4.70. The molecule has 0 aliphatic rings. The molecule has 2 heterocycles. The number of thiophene rings is 1. The van der Waals surface area contributed by atoms with Crippen LogP contribution in [-0.2, 0) is 16.6 Å². The van der Waals surface area contributed by atoms with Gasteiger partial charge in [-0.05, 0) is 32.9 Å². The average Bonchev–Trinajstić information content (AvgIpc) is 2.96. The van der Waals surface area contributed by atoms with Gasteiger partial charge in [0, 0.05) is 11.9 Å². The maximum atomic E-state index is 11.8. The first-order chi connectivity index (χ1) is 9.88. The van der Waals surface area contributed by atoms with Crippen LogP contribution in [-0.4, -0.2) is 28.3 Å². The number of amides is 1. The highest BCUT2D eigenvalue weighted by Gasteiger charge is 2.15. The molecule has 0 aromatic carbocycles. The molecular formula is C14H17N3O3S. The van der Waals surface area contributed by atoms with Crippen LogP contribution in [0.1, 0.15) is 25.9 Å². The fourth-order valence-corrected chi connectivity index (χ4v) is 2.64. The van der Waals surface area contributed by atoms with E-state index in [4.69, 9.17) is 4.74 Å². The Morgan fingerprint density at radius 1 is 1.33 bits per heavy atom. The predicted octanol–water partition coefficient (Wildman–Crippen LogP) is 2.20. The molecular weight excluding hydrogens is 290 g/mol. The highest BCUT2D eigenvalue weighted by molar-refractivity contribution is 7.13. The van der Waals surface area contributed by atoms with Gasteiger partial charge >= 0.3 is 5.97 Å². The number of aryl methyl sites for hydroxylation is 3. The summed E-state index contributed by atoms with van der Waals surface area (Å²) in [6, 6.07) is 3.53. The Labute approximate surface area is 126 Å². The Kier molecular flexibility index (Phi) is 4.42. The zero-order chi connectivity index (χ0) is 15.6. The molecule has 1 amide bonds. The van der Waals surface area contributed by atoms with Crippen molar-refractivity contribution in [3.63, 3.8) is 0 Å². The second kappa shape index (κ2) is 6.09. The van der Waals surface area contributed by atoms with Gasteiger partial charge in [-0.2, -0.15) is 5.10 Å². The number of rotatable bonds is 4. The first-order valence-corrected chi connectivity index (χ1v) is 7.23. The first-order valence-electron chi connectivity index (χ1n) is 6.42. The summed E-state index contributed by atoms with van der Waals surface area (Å²) in [5.74, 6) is -0.862. The lowest BCUT2D eigenvalue weighted by molar-refractivity contribution is -0.119. The average molecular weight is 307 g/mol. The van der Waals surface area contributed by atoms with E-state index in [1.165, 1.54) is 11.3 Å². The molecule has 0 saturated heterocycles. The number of carbonyl (C=O) groups excluding carboxylic acids is 2. The molecule has 112 valence electrons. The van der Waals surface area contributed by atoms with Crippen LogP contribution >= 0.6 is 11.3 Å². The molecule has 0 bridgehead atoms. The van der Waals surface area contributed by atoms with Crippen LogP contribution in [0, 0.1) is 20.8 Å².